The maximum Gasteiger partial charge on any atom is 0.122 e. The maximum absolute atomic E-state index is 5.67. The summed E-state index contributed by atoms with van der Waals surface area (Å²) >= 11 is 0. The van der Waals surface area contributed by atoms with Gasteiger partial charge in [-0.2, -0.15) is 0 Å². The molecule has 0 spiro atoms. The first-order valence-electron chi connectivity index (χ1n) is 8.72. The molecule has 2 heteroatoms. The van der Waals surface area contributed by atoms with Crippen molar-refractivity contribution in [2.24, 2.45) is 0 Å². The Bertz CT molecular complexity index is 1050. The van der Waals surface area contributed by atoms with Gasteiger partial charge in [-0.1, -0.05) is 61.2 Å². The first-order valence-corrected chi connectivity index (χ1v) is 8.72. The predicted molar refractivity (Wildman–Crippen MR) is 109 cm³/mol. The van der Waals surface area contributed by atoms with Gasteiger partial charge in [0.2, 0.25) is 0 Å². The summed E-state index contributed by atoms with van der Waals surface area (Å²) in [4.78, 5) is 0. The highest BCUT2D eigenvalue weighted by Gasteiger charge is 2.06. The molecule has 0 aromatic heterocycles. The van der Waals surface area contributed by atoms with Crippen LogP contribution in [0, 0.1) is 0 Å². The number of hydrogen-bond acceptors (Lipinski definition) is 2. The Kier molecular flexibility index (Phi) is 4.57. The van der Waals surface area contributed by atoms with Crippen LogP contribution in [-0.2, 0) is 4.74 Å². The van der Waals surface area contributed by atoms with Crippen molar-refractivity contribution in [3.63, 3.8) is 0 Å². The molecular weight excluding hydrogens is 320 g/mol. The van der Waals surface area contributed by atoms with Crippen LogP contribution in [0.5, 0.6) is 5.75 Å². The van der Waals surface area contributed by atoms with Crippen LogP contribution < -0.4 is 4.74 Å². The summed E-state index contributed by atoms with van der Waals surface area (Å²) < 4.78 is 10.7. The van der Waals surface area contributed by atoms with E-state index >= 15 is 0 Å². The molecule has 0 aliphatic rings. The highest BCUT2D eigenvalue weighted by molar-refractivity contribution is 6.04. The van der Waals surface area contributed by atoms with Crippen LogP contribution in [0.4, 0.5) is 0 Å². The Morgan fingerprint density at radius 1 is 0.731 bits per heavy atom. The Morgan fingerprint density at radius 2 is 1.46 bits per heavy atom. The van der Waals surface area contributed by atoms with Gasteiger partial charge < -0.3 is 9.47 Å². The highest BCUT2D eigenvalue weighted by atomic mass is 16.5. The number of ether oxygens (including phenoxy) is 2. The molecule has 0 N–H and O–H groups in total. The van der Waals surface area contributed by atoms with Crippen molar-refractivity contribution in [1.82, 2.24) is 0 Å². The van der Waals surface area contributed by atoms with Crippen molar-refractivity contribution in [3.8, 4) is 16.9 Å². The Hall–Kier alpha value is -3.26. The number of rotatable bonds is 6. The van der Waals surface area contributed by atoms with Gasteiger partial charge in [-0.05, 0) is 56.9 Å². The lowest BCUT2D eigenvalue weighted by Gasteiger charge is -2.10. The van der Waals surface area contributed by atoms with Gasteiger partial charge in [0.1, 0.15) is 19.0 Å². The van der Waals surface area contributed by atoms with E-state index < -0.39 is 0 Å². The van der Waals surface area contributed by atoms with E-state index in [0.717, 1.165) is 5.75 Å². The molecule has 0 heterocycles. The fourth-order valence-electron chi connectivity index (χ4n) is 3.24. The quantitative estimate of drug-likeness (QED) is 0.236. The summed E-state index contributed by atoms with van der Waals surface area (Å²) in [7, 11) is 0. The molecule has 4 rings (SSSR count). The number of fused-ring (bicyclic) bond motifs is 2. The molecule has 4 aromatic carbocycles. The zero-order valence-corrected chi connectivity index (χ0v) is 14.5. The fourth-order valence-corrected chi connectivity index (χ4v) is 3.24. The number of hydrogen-bond donors (Lipinski definition) is 0. The van der Waals surface area contributed by atoms with Crippen molar-refractivity contribution >= 4 is 21.5 Å². The van der Waals surface area contributed by atoms with Crippen LogP contribution in [0.15, 0.2) is 91.7 Å². The van der Waals surface area contributed by atoms with E-state index in [-0.39, 0.29) is 0 Å². The van der Waals surface area contributed by atoms with Crippen LogP contribution in [0.25, 0.3) is 32.7 Å². The van der Waals surface area contributed by atoms with Gasteiger partial charge in [0.05, 0.1) is 6.26 Å². The Labute approximate surface area is 153 Å². The second-order valence-corrected chi connectivity index (χ2v) is 6.14. The van der Waals surface area contributed by atoms with Crippen LogP contribution in [-0.4, -0.2) is 13.2 Å². The summed E-state index contributed by atoms with van der Waals surface area (Å²) in [5, 5.41) is 5.04. The second-order valence-electron chi connectivity index (χ2n) is 6.14. The topological polar surface area (TPSA) is 18.5 Å². The molecule has 0 aliphatic carbocycles. The van der Waals surface area contributed by atoms with E-state index in [1.807, 2.05) is 12.1 Å². The smallest absolute Gasteiger partial charge is 0.122 e. The molecule has 0 amide bonds. The first kappa shape index (κ1) is 16.2. The third-order valence-corrected chi connectivity index (χ3v) is 4.50. The molecule has 128 valence electrons. The van der Waals surface area contributed by atoms with Crippen LogP contribution in [0.2, 0.25) is 0 Å². The average Bonchev–Trinajstić information content (AvgIpc) is 2.70. The van der Waals surface area contributed by atoms with Crippen molar-refractivity contribution in [1.29, 1.82) is 0 Å². The summed E-state index contributed by atoms with van der Waals surface area (Å²) in [5.74, 6) is 0.840. The average molecular weight is 340 g/mol. The van der Waals surface area contributed by atoms with Crippen molar-refractivity contribution in [2.45, 2.75) is 0 Å². The molecule has 0 fully saturated rings. The van der Waals surface area contributed by atoms with E-state index in [2.05, 4.69) is 73.3 Å². The lowest BCUT2D eigenvalue weighted by molar-refractivity contribution is 0.179. The third-order valence-electron chi connectivity index (χ3n) is 4.50. The third kappa shape index (κ3) is 3.27. The van der Waals surface area contributed by atoms with E-state index in [9.17, 15) is 0 Å². The summed E-state index contributed by atoms with van der Waals surface area (Å²) in [6.45, 7) is 4.52. The largest absolute Gasteiger partial charge is 0.498 e. The van der Waals surface area contributed by atoms with Gasteiger partial charge >= 0.3 is 0 Å². The molecule has 0 atom stereocenters. The Balaban J connectivity index is 1.67. The first-order chi connectivity index (χ1) is 12.8. The lowest BCUT2D eigenvalue weighted by atomic mass is 9.95. The van der Waals surface area contributed by atoms with Gasteiger partial charge in [-0.25, -0.2) is 0 Å². The zero-order valence-electron chi connectivity index (χ0n) is 14.5. The summed E-state index contributed by atoms with van der Waals surface area (Å²) in [6.07, 6.45) is 1.43. The fraction of sp³-hybridized carbons (Fsp3) is 0.0833. The van der Waals surface area contributed by atoms with Gasteiger partial charge in [0, 0.05) is 0 Å². The second kappa shape index (κ2) is 7.32. The van der Waals surface area contributed by atoms with Gasteiger partial charge in [-0.15, -0.1) is 0 Å². The van der Waals surface area contributed by atoms with Gasteiger partial charge in [0.25, 0.3) is 0 Å². The molecule has 0 unspecified atom stereocenters. The highest BCUT2D eigenvalue weighted by Crippen LogP contribution is 2.32. The minimum Gasteiger partial charge on any atom is -0.498 e. The SMILES string of the molecule is C=COCCOc1ccc(-c2cccc3cc4ccccc4cc23)cc1. The molecule has 0 bridgehead atoms. The molecule has 4 aromatic rings. The monoisotopic (exact) mass is 340 g/mol. The van der Waals surface area contributed by atoms with Gasteiger partial charge in [0.15, 0.2) is 0 Å². The predicted octanol–water partition coefficient (Wildman–Crippen LogP) is 6.20. The number of benzene rings is 4. The molecule has 2 nitrogen and oxygen atoms in total. The zero-order chi connectivity index (χ0) is 17.8. The van der Waals surface area contributed by atoms with Gasteiger partial charge in [-0.3, -0.25) is 0 Å². The normalized spacial score (nSPS) is 10.8. The molecule has 0 radical (unpaired) electrons. The van der Waals surface area contributed by atoms with Crippen molar-refractivity contribution in [2.75, 3.05) is 13.2 Å². The van der Waals surface area contributed by atoms with E-state index in [0.29, 0.717) is 13.2 Å². The van der Waals surface area contributed by atoms with E-state index in [4.69, 9.17) is 9.47 Å². The van der Waals surface area contributed by atoms with E-state index in [1.165, 1.54) is 38.9 Å². The molecule has 0 saturated heterocycles. The minimum absolute atomic E-state index is 0.502. The molecule has 26 heavy (non-hydrogen) atoms. The van der Waals surface area contributed by atoms with Crippen LogP contribution in [0.3, 0.4) is 0 Å². The van der Waals surface area contributed by atoms with Crippen molar-refractivity contribution in [3.05, 3.63) is 91.7 Å². The summed E-state index contributed by atoms with van der Waals surface area (Å²) in [6, 6.07) is 27.7. The maximum atomic E-state index is 5.67. The van der Waals surface area contributed by atoms with Crippen LogP contribution in [0.1, 0.15) is 0 Å². The standard InChI is InChI=1S/C24H20O2/c1-2-25-14-15-26-22-12-10-18(11-13-22)23-9-5-8-21-16-19-6-3-4-7-20(19)17-24(21)23/h2-13,16-17H,1,14-15H2. The van der Waals surface area contributed by atoms with E-state index in [1.54, 1.807) is 0 Å². The molecular formula is C24H20O2. The molecule has 0 saturated carbocycles. The van der Waals surface area contributed by atoms with Crippen molar-refractivity contribution < 1.29 is 9.47 Å². The Morgan fingerprint density at radius 3 is 2.23 bits per heavy atom. The lowest BCUT2D eigenvalue weighted by Crippen LogP contribution is -2.03. The minimum atomic E-state index is 0.502. The molecule has 0 aliphatic heterocycles. The van der Waals surface area contributed by atoms with Crippen LogP contribution >= 0.6 is 0 Å². The summed E-state index contributed by atoms with van der Waals surface area (Å²) in [5.41, 5.74) is 2.41.